The highest BCUT2D eigenvalue weighted by Gasteiger charge is 2.14. The van der Waals surface area contributed by atoms with Crippen molar-refractivity contribution in [3.05, 3.63) is 41.2 Å². The van der Waals surface area contributed by atoms with Crippen molar-refractivity contribution < 1.29 is 9.50 Å². The van der Waals surface area contributed by atoms with Crippen molar-refractivity contribution in [3.63, 3.8) is 0 Å². The highest BCUT2D eigenvalue weighted by Crippen LogP contribution is 2.28. The molecule has 0 aliphatic carbocycles. The van der Waals surface area contributed by atoms with Gasteiger partial charge in [-0.15, -0.1) is 0 Å². The number of aliphatic hydroxyl groups excluding tert-OH is 1. The molecule has 1 N–H and O–H groups in total. The molecule has 2 nitrogen and oxygen atoms in total. The molecule has 1 aromatic carbocycles. The Labute approximate surface area is 102 Å². The van der Waals surface area contributed by atoms with Crippen LogP contribution < -0.4 is 4.90 Å². The Bertz CT molecular complexity index is 426. The number of anilines is 1. The average Bonchev–Trinajstić information content (AvgIpc) is 2.19. The number of benzene rings is 1. The lowest BCUT2D eigenvalue weighted by Gasteiger charge is -2.24. The Kier molecular flexibility index (Phi) is 4.29. The van der Waals surface area contributed by atoms with Gasteiger partial charge in [0.2, 0.25) is 0 Å². The van der Waals surface area contributed by atoms with E-state index in [0.717, 1.165) is 11.3 Å². The Morgan fingerprint density at radius 2 is 2.12 bits per heavy atom. The summed E-state index contributed by atoms with van der Waals surface area (Å²) in [7, 11) is 1.91. The van der Waals surface area contributed by atoms with Gasteiger partial charge in [0.15, 0.2) is 0 Å². The zero-order valence-corrected chi connectivity index (χ0v) is 10.9. The van der Waals surface area contributed by atoms with E-state index in [1.54, 1.807) is 19.9 Å². The number of likely N-dealkylation sites (N-methyl/N-ethyl adjacent to an activating group) is 1. The maximum atomic E-state index is 13.5. The van der Waals surface area contributed by atoms with Crippen molar-refractivity contribution in [1.82, 2.24) is 0 Å². The molecule has 1 aromatic rings. The van der Waals surface area contributed by atoms with Crippen molar-refractivity contribution in [2.24, 2.45) is 0 Å². The molecule has 1 atom stereocenters. The first-order chi connectivity index (χ1) is 7.82. The van der Waals surface area contributed by atoms with Gasteiger partial charge in [0.05, 0.1) is 6.10 Å². The fourth-order valence-electron chi connectivity index (χ4n) is 1.84. The van der Waals surface area contributed by atoms with Crippen LogP contribution in [0.25, 0.3) is 0 Å². The van der Waals surface area contributed by atoms with Crippen LogP contribution >= 0.6 is 0 Å². The Morgan fingerprint density at radius 1 is 1.53 bits per heavy atom. The van der Waals surface area contributed by atoms with Crippen LogP contribution in [-0.2, 0) is 0 Å². The summed E-state index contributed by atoms with van der Waals surface area (Å²) in [6.07, 6.45) is -0.687. The summed E-state index contributed by atoms with van der Waals surface area (Å²) >= 11 is 0. The van der Waals surface area contributed by atoms with Gasteiger partial charge in [-0.05, 0) is 38.5 Å². The van der Waals surface area contributed by atoms with E-state index < -0.39 is 6.10 Å². The first-order valence-electron chi connectivity index (χ1n) is 5.66. The molecule has 0 aliphatic rings. The molecular weight excluding hydrogens is 217 g/mol. The first kappa shape index (κ1) is 13.7. The minimum atomic E-state index is -0.687. The van der Waals surface area contributed by atoms with Crippen LogP contribution in [0.1, 0.15) is 31.1 Å². The predicted octanol–water partition coefficient (Wildman–Crippen LogP) is 3.20. The molecule has 0 unspecified atom stereocenters. The number of nitrogens with zero attached hydrogens (tertiary/aromatic N) is 1. The van der Waals surface area contributed by atoms with Gasteiger partial charge in [0, 0.05) is 24.8 Å². The smallest absolute Gasteiger partial charge is 0.126 e. The van der Waals surface area contributed by atoms with E-state index in [9.17, 15) is 9.50 Å². The van der Waals surface area contributed by atoms with Gasteiger partial charge in [-0.1, -0.05) is 12.2 Å². The Balaban J connectivity index is 3.20. The molecule has 0 amide bonds. The van der Waals surface area contributed by atoms with Gasteiger partial charge in [0.25, 0.3) is 0 Å². The van der Waals surface area contributed by atoms with Crippen LogP contribution in [0.2, 0.25) is 0 Å². The van der Waals surface area contributed by atoms with Gasteiger partial charge in [-0.25, -0.2) is 4.39 Å². The highest BCUT2D eigenvalue weighted by atomic mass is 19.1. The van der Waals surface area contributed by atoms with Crippen LogP contribution in [0, 0.1) is 12.7 Å². The predicted molar refractivity (Wildman–Crippen MR) is 69.9 cm³/mol. The summed E-state index contributed by atoms with van der Waals surface area (Å²) in [5, 5.41) is 9.69. The van der Waals surface area contributed by atoms with Crippen LogP contribution in [0.4, 0.5) is 10.1 Å². The molecule has 0 aromatic heterocycles. The Morgan fingerprint density at radius 3 is 2.59 bits per heavy atom. The minimum Gasteiger partial charge on any atom is -0.389 e. The molecule has 0 saturated carbocycles. The van der Waals surface area contributed by atoms with E-state index in [2.05, 4.69) is 6.58 Å². The summed E-state index contributed by atoms with van der Waals surface area (Å²) in [6.45, 7) is 9.84. The molecule has 17 heavy (non-hydrogen) atoms. The fraction of sp³-hybridized carbons (Fsp3) is 0.429. The number of aliphatic hydroxyl groups is 1. The molecule has 94 valence electrons. The highest BCUT2D eigenvalue weighted by molar-refractivity contribution is 5.56. The maximum Gasteiger partial charge on any atom is 0.126 e. The van der Waals surface area contributed by atoms with Crippen molar-refractivity contribution in [2.45, 2.75) is 26.9 Å². The van der Waals surface area contributed by atoms with E-state index in [1.165, 1.54) is 6.07 Å². The van der Waals surface area contributed by atoms with Crippen LogP contribution in [0.5, 0.6) is 0 Å². The lowest BCUT2D eigenvalue weighted by atomic mass is 10.0. The van der Waals surface area contributed by atoms with E-state index >= 15 is 0 Å². The summed E-state index contributed by atoms with van der Waals surface area (Å²) < 4.78 is 13.5. The molecule has 0 heterocycles. The van der Waals surface area contributed by atoms with Crippen molar-refractivity contribution in [1.29, 1.82) is 0 Å². The second-order valence-corrected chi connectivity index (χ2v) is 4.65. The molecular formula is C14H20FNO. The van der Waals surface area contributed by atoms with E-state index in [-0.39, 0.29) is 5.82 Å². The SMILES string of the molecule is C=C(C)CN(C)c1cc(C)c(F)cc1[C@H](C)O. The summed E-state index contributed by atoms with van der Waals surface area (Å²) in [5.41, 5.74) is 3.06. The third kappa shape index (κ3) is 3.30. The second kappa shape index (κ2) is 5.32. The van der Waals surface area contributed by atoms with Crippen LogP contribution in [0.3, 0.4) is 0 Å². The monoisotopic (exact) mass is 237 g/mol. The molecule has 0 bridgehead atoms. The van der Waals surface area contributed by atoms with E-state index in [0.29, 0.717) is 17.7 Å². The minimum absolute atomic E-state index is 0.284. The average molecular weight is 237 g/mol. The van der Waals surface area contributed by atoms with Crippen molar-refractivity contribution in [3.8, 4) is 0 Å². The lowest BCUT2D eigenvalue weighted by molar-refractivity contribution is 0.199. The number of hydrogen-bond donors (Lipinski definition) is 1. The first-order valence-corrected chi connectivity index (χ1v) is 5.66. The molecule has 0 aliphatic heterocycles. The zero-order chi connectivity index (χ0) is 13.2. The topological polar surface area (TPSA) is 23.5 Å². The third-order valence-corrected chi connectivity index (χ3v) is 2.68. The molecule has 0 fully saturated rings. The standard InChI is InChI=1S/C14H20FNO/c1-9(2)8-16(5)14-6-10(3)13(15)7-12(14)11(4)17/h6-7,11,17H,1,8H2,2-5H3/t11-/m0/s1. The number of aryl methyl sites for hydroxylation is 1. The largest absolute Gasteiger partial charge is 0.389 e. The van der Waals surface area contributed by atoms with Gasteiger partial charge < -0.3 is 10.0 Å². The maximum absolute atomic E-state index is 13.5. The number of hydrogen-bond acceptors (Lipinski definition) is 2. The molecule has 3 heteroatoms. The van der Waals surface area contributed by atoms with Crippen LogP contribution in [0.15, 0.2) is 24.3 Å². The van der Waals surface area contributed by atoms with Crippen LogP contribution in [-0.4, -0.2) is 18.7 Å². The van der Waals surface area contributed by atoms with Crippen molar-refractivity contribution >= 4 is 5.69 Å². The molecule has 1 rings (SSSR count). The van der Waals surface area contributed by atoms with Gasteiger partial charge in [-0.3, -0.25) is 0 Å². The molecule has 0 saturated heterocycles. The normalized spacial score (nSPS) is 12.4. The van der Waals surface area contributed by atoms with E-state index in [4.69, 9.17) is 0 Å². The molecule has 0 radical (unpaired) electrons. The Hall–Kier alpha value is -1.35. The third-order valence-electron chi connectivity index (χ3n) is 2.68. The van der Waals surface area contributed by atoms with Gasteiger partial charge >= 0.3 is 0 Å². The quantitative estimate of drug-likeness (QED) is 0.813. The number of rotatable bonds is 4. The fourth-order valence-corrected chi connectivity index (χ4v) is 1.84. The second-order valence-electron chi connectivity index (χ2n) is 4.65. The van der Waals surface area contributed by atoms with Gasteiger partial charge in [-0.2, -0.15) is 0 Å². The zero-order valence-electron chi connectivity index (χ0n) is 10.9. The number of halogens is 1. The van der Waals surface area contributed by atoms with Crippen molar-refractivity contribution in [2.75, 3.05) is 18.5 Å². The summed E-state index contributed by atoms with van der Waals surface area (Å²) in [4.78, 5) is 1.97. The van der Waals surface area contributed by atoms with Gasteiger partial charge in [0.1, 0.15) is 5.82 Å². The van der Waals surface area contributed by atoms with E-state index in [1.807, 2.05) is 18.9 Å². The lowest BCUT2D eigenvalue weighted by Crippen LogP contribution is -2.21. The summed E-state index contributed by atoms with van der Waals surface area (Å²) in [5.74, 6) is -0.284. The molecule has 0 spiro atoms. The summed E-state index contributed by atoms with van der Waals surface area (Å²) in [6, 6.07) is 3.17.